The number of hydrogen-bond donors (Lipinski definition) is 1. The topological polar surface area (TPSA) is 47.9 Å². The van der Waals surface area contributed by atoms with Gasteiger partial charge in [0.25, 0.3) is 0 Å². The molecular formula is C14H18O4. The van der Waals surface area contributed by atoms with Crippen LogP contribution in [-0.4, -0.2) is 24.6 Å². The molecule has 4 nitrogen and oxygen atoms in total. The number of benzene rings is 1. The average molecular weight is 250 g/mol. The molecule has 0 aromatic heterocycles. The Labute approximate surface area is 107 Å². The number of ether oxygens (including phenoxy) is 3. The average Bonchev–Trinajstić information content (AvgIpc) is 2.40. The Morgan fingerprint density at radius 3 is 3.06 bits per heavy atom. The summed E-state index contributed by atoms with van der Waals surface area (Å²) in [5.41, 5.74) is 0. The lowest BCUT2D eigenvalue weighted by atomic mass is 10.2. The zero-order valence-corrected chi connectivity index (χ0v) is 10.3. The van der Waals surface area contributed by atoms with Crippen molar-refractivity contribution < 1.29 is 19.3 Å². The van der Waals surface area contributed by atoms with Crippen LogP contribution in [0.3, 0.4) is 0 Å². The van der Waals surface area contributed by atoms with E-state index >= 15 is 0 Å². The third-order valence-electron chi connectivity index (χ3n) is 2.69. The molecule has 0 radical (unpaired) electrons. The summed E-state index contributed by atoms with van der Waals surface area (Å²) < 4.78 is 16.5. The zero-order valence-electron chi connectivity index (χ0n) is 10.3. The fourth-order valence-electron chi connectivity index (χ4n) is 1.79. The SMILES string of the molecule is C=CCOc1cc(O[C@H]2CCCCO2)ccc1O. The van der Waals surface area contributed by atoms with E-state index in [9.17, 15) is 5.11 Å². The lowest BCUT2D eigenvalue weighted by Gasteiger charge is -2.23. The molecule has 98 valence electrons. The van der Waals surface area contributed by atoms with Gasteiger partial charge in [-0.3, -0.25) is 0 Å². The van der Waals surface area contributed by atoms with Gasteiger partial charge in [0.2, 0.25) is 0 Å². The molecule has 4 heteroatoms. The third-order valence-corrected chi connectivity index (χ3v) is 2.69. The molecule has 1 aromatic rings. The van der Waals surface area contributed by atoms with Gasteiger partial charge < -0.3 is 19.3 Å². The van der Waals surface area contributed by atoms with Crippen molar-refractivity contribution in [2.45, 2.75) is 25.6 Å². The van der Waals surface area contributed by atoms with E-state index in [4.69, 9.17) is 14.2 Å². The Balaban J connectivity index is 2.01. The third kappa shape index (κ3) is 3.40. The van der Waals surface area contributed by atoms with Crippen LogP contribution in [0.15, 0.2) is 30.9 Å². The number of rotatable bonds is 5. The van der Waals surface area contributed by atoms with E-state index < -0.39 is 0 Å². The molecule has 0 amide bonds. The first-order valence-electron chi connectivity index (χ1n) is 6.14. The summed E-state index contributed by atoms with van der Waals surface area (Å²) in [4.78, 5) is 0. The Hall–Kier alpha value is -1.68. The van der Waals surface area contributed by atoms with Gasteiger partial charge >= 0.3 is 0 Å². The highest BCUT2D eigenvalue weighted by molar-refractivity contribution is 5.44. The van der Waals surface area contributed by atoms with Gasteiger partial charge in [-0.15, -0.1) is 0 Å². The van der Waals surface area contributed by atoms with Crippen LogP contribution in [-0.2, 0) is 4.74 Å². The van der Waals surface area contributed by atoms with Crippen molar-refractivity contribution in [2.24, 2.45) is 0 Å². The molecule has 2 rings (SSSR count). The fourth-order valence-corrected chi connectivity index (χ4v) is 1.79. The van der Waals surface area contributed by atoms with Crippen LogP contribution in [0.2, 0.25) is 0 Å². The highest BCUT2D eigenvalue weighted by Gasteiger charge is 2.16. The summed E-state index contributed by atoms with van der Waals surface area (Å²) in [5.74, 6) is 1.12. The van der Waals surface area contributed by atoms with Gasteiger partial charge in [-0.2, -0.15) is 0 Å². The van der Waals surface area contributed by atoms with Crippen molar-refractivity contribution in [2.75, 3.05) is 13.2 Å². The van der Waals surface area contributed by atoms with E-state index in [1.54, 1.807) is 24.3 Å². The molecule has 1 N–H and O–H groups in total. The lowest BCUT2D eigenvalue weighted by molar-refractivity contribution is -0.105. The van der Waals surface area contributed by atoms with Crippen LogP contribution in [0.4, 0.5) is 0 Å². The minimum absolute atomic E-state index is 0.0914. The maximum Gasteiger partial charge on any atom is 0.199 e. The van der Waals surface area contributed by atoms with E-state index in [1.165, 1.54) is 0 Å². The van der Waals surface area contributed by atoms with Gasteiger partial charge in [0.15, 0.2) is 17.8 Å². The summed E-state index contributed by atoms with van der Waals surface area (Å²) in [5, 5.41) is 9.62. The van der Waals surface area contributed by atoms with Crippen molar-refractivity contribution in [1.82, 2.24) is 0 Å². The lowest BCUT2D eigenvalue weighted by Crippen LogP contribution is -2.24. The van der Waals surface area contributed by atoms with Crippen LogP contribution in [0, 0.1) is 0 Å². The van der Waals surface area contributed by atoms with Crippen molar-refractivity contribution in [3.05, 3.63) is 30.9 Å². The van der Waals surface area contributed by atoms with Gasteiger partial charge in [-0.05, 0) is 25.0 Å². The molecule has 1 saturated heterocycles. The first kappa shape index (κ1) is 12.8. The molecule has 0 aliphatic carbocycles. The normalized spacial score (nSPS) is 19.2. The summed E-state index contributed by atoms with van der Waals surface area (Å²) in [6.45, 7) is 4.65. The molecule has 0 spiro atoms. The summed E-state index contributed by atoms with van der Waals surface area (Å²) in [7, 11) is 0. The molecule has 1 fully saturated rings. The predicted molar refractivity (Wildman–Crippen MR) is 68.0 cm³/mol. The molecule has 0 saturated carbocycles. The largest absolute Gasteiger partial charge is 0.504 e. The standard InChI is InChI=1S/C14H18O4/c1-2-8-16-13-10-11(6-7-12(13)15)18-14-5-3-4-9-17-14/h2,6-7,10,14-15H,1,3-5,8-9H2/t14-/m0/s1. The van der Waals surface area contributed by atoms with Gasteiger partial charge in [0.05, 0.1) is 6.61 Å². The van der Waals surface area contributed by atoms with Crippen LogP contribution < -0.4 is 9.47 Å². The monoisotopic (exact) mass is 250 g/mol. The second-order valence-electron chi connectivity index (χ2n) is 4.14. The summed E-state index contributed by atoms with van der Waals surface area (Å²) in [6.07, 6.45) is 4.52. The van der Waals surface area contributed by atoms with Crippen molar-refractivity contribution >= 4 is 0 Å². The molecule has 0 unspecified atom stereocenters. The highest BCUT2D eigenvalue weighted by Crippen LogP contribution is 2.31. The molecule has 1 heterocycles. The van der Waals surface area contributed by atoms with Gasteiger partial charge in [-0.25, -0.2) is 0 Å². The van der Waals surface area contributed by atoms with Crippen LogP contribution in [0.5, 0.6) is 17.2 Å². The Morgan fingerprint density at radius 2 is 2.33 bits per heavy atom. The first-order valence-corrected chi connectivity index (χ1v) is 6.14. The molecular weight excluding hydrogens is 232 g/mol. The predicted octanol–water partition coefficient (Wildman–Crippen LogP) is 2.86. The minimum Gasteiger partial charge on any atom is -0.504 e. The minimum atomic E-state index is -0.199. The maximum atomic E-state index is 9.62. The zero-order chi connectivity index (χ0) is 12.8. The highest BCUT2D eigenvalue weighted by atomic mass is 16.7. The number of phenolic OH excluding ortho intramolecular Hbond substituents is 1. The van der Waals surface area contributed by atoms with Crippen LogP contribution in [0.1, 0.15) is 19.3 Å². The molecule has 18 heavy (non-hydrogen) atoms. The molecule has 1 atom stereocenters. The Kier molecular flexibility index (Phi) is 4.47. The van der Waals surface area contributed by atoms with Crippen LogP contribution in [0.25, 0.3) is 0 Å². The quantitative estimate of drug-likeness (QED) is 0.816. The van der Waals surface area contributed by atoms with E-state index in [-0.39, 0.29) is 12.0 Å². The summed E-state index contributed by atoms with van der Waals surface area (Å²) >= 11 is 0. The summed E-state index contributed by atoms with van der Waals surface area (Å²) in [6, 6.07) is 4.92. The van der Waals surface area contributed by atoms with Crippen molar-refractivity contribution in [1.29, 1.82) is 0 Å². The first-order chi connectivity index (χ1) is 8.79. The van der Waals surface area contributed by atoms with Gasteiger partial charge in [0.1, 0.15) is 12.4 Å². The molecule has 1 aliphatic rings. The fraction of sp³-hybridized carbons (Fsp3) is 0.429. The molecule has 1 aromatic carbocycles. The van der Waals surface area contributed by atoms with Crippen molar-refractivity contribution in [3.8, 4) is 17.2 Å². The molecule has 1 aliphatic heterocycles. The van der Waals surface area contributed by atoms with E-state index in [2.05, 4.69) is 6.58 Å². The van der Waals surface area contributed by atoms with E-state index in [1.807, 2.05) is 0 Å². The van der Waals surface area contributed by atoms with Gasteiger partial charge in [0, 0.05) is 12.5 Å². The number of aromatic hydroxyl groups is 1. The second kappa shape index (κ2) is 6.31. The Bertz CT molecular complexity index is 397. The van der Waals surface area contributed by atoms with E-state index in [0.717, 1.165) is 25.9 Å². The molecule has 0 bridgehead atoms. The smallest absolute Gasteiger partial charge is 0.199 e. The van der Waals surface area contributed by atoms with Crippen molar-refractivity contribution in [3.63, 3.8) is 0 Å². The van der Waals surface area contributed by atoms with Crippen LogP contribution >= 0.6 is 0 Å². The maximum absolute atomic E-state index is 9.62. The Morgan fingerprint density at radius 1 is 1.44 bits per heavy atom. The number of phenols is 1. The number of hydrogen-bond acceptors (Lipinski definition) is 4. The second-order valence-corrected chi connectivity index (χ2v) is 4.14. The van der Waals surface area contributed by atoms with E-state index in [0.29, 0.717) is 18.1 Å². The van der Waals surface area contributed by atoms with Gasteiger partial charge in [-0.1, -0.05) is 12.7 Å².